The summed E-state index contributed by atoms with van der Waals surface area (Å²) in [4.78, 5) is 5.94. The molecule has 4 nitrogen and oxygen atoms in total. The average molecular weight is 199 g/mol. The molecule has 0 saturated heterocycles. The maximum absolute atomic E-state index is 5.64. The molecule has 0 fully saturated rings. The van der Waals surface area contributed by atoms with Gasteiger partial charge in [0.1, 0.15) is 0 Å². The fourth-order valence-corrected chi connectivity index (χ4v) is 0.945. The van der Waals surface area contributed by atoms with E-state index in [1.165, 1.54) is 0 Å². The lowest BCUT2D eigenvalue weighted by Gasteiger charge is -2.02. The second kappa shape index (κ2) is 4.18. The highest BCUT2D eigenvalue weighted by atomic mass is 35.5. The Kier molecular flexibility index (Phi) is 3.19. The van der Waals surface area contributed by atoms with Crippen molar-refractivity contribution in [2.75, 3.05) is 14.1 Å². The van der Waals surface area contributed by atoms with E-state index < -0.39 is 0 Å². The molecule has 0 aliphatic rings. The van der Waals surface area contributed by atoms with Crippen LogP contribution in [0, 0.1) is 6.92 Å². The number of aliphatic imine (C=N–C) groups is 1. The molecule has 1 rings (SSSR count). The molecule has 13 heavy (non-hydrogen) atoms. The zero-order valence-electron chi connectivity index (χ0n) is 7.82. The van der Waals surface area contributed by atoms with E-state index in [0.29, 0.717) is 11.0 Å². The molecule has 0 spiro atoms. The van der Waals surface area contributed by atoms with Crippen LogP contribution in [0.5, 0.6) is 0 Å². The minimum Gasteiger partial charge on any atom is -0.369 e. The quantitative estimate of drug-likeness (QED) is 0.536. The Bertz CT molecular complexity index is 322. The molecule has 0 aliphatic heterocycles. The van der Waals surface area contributed by atoms with Gasteiger partial charge in [0, 0.05) is 14.1 Å². The Morgan fingerprint density at radius 3 is 2.69 bits per heavy atom. The summed E-state index contributed by atoms with van der Waals surface area (Å²) in [6.07, 6.45) is 1.67. The predicted octanol–water partition coefficient (Wildman–Crippen LogP) is 1.66. The molecule has 70 valence electrons. The Morgan fingerprint density at radius 1 is 1.46 bits per heavy atom. The van der Waals surface area contributed by atoms with Gasteiger partial charge in [0.2, 0.25) is 0 Å². The Hall–Kier alpha value is -1.16. The lowest BCUT2D eigenvalue weighted by Crippen LogP contribution is -2.07. The third-order valence-electron chi connectivity index (χ3n) is 1.34. The van der Waals surface area contributed by atoms with Crippen molar-refractivity contribution in [2.24, 2.45) is 4.99 Å². The van der Waals surface area contributed by atoms with Crippen LogP contribution in [-0.2, 0) is 0 Å². The van der Waals surface area contributed by atoms with Gasteiger partial charge in [0.05, 0.1) is 6.34 Å². The SMILES string of the molecule is Cc1cc(Cl)nnc1/N=C\N(C)C. The molecule has 0 radical (unpaired) electrons. The highest BCUT2D eigenvalue weighted by Crippen LogP contribution is 2.15. The number of hydrogen-bond donors (Lipinski definition) is 0. The van der Waals surface area contributed by atoms with Crippen LogP contribution in [0.15, 0.2) is 11.1 Å². The molecule has 0 amide bonds. The number of halogens is 1. The van der Waals surface area contributed by atoms with Gasteiger partial charge < -0.3 is 4.90 Å². The van der Waals surface area contributed by atoms with Gasteiger partial charge in [-0.05, 0) is 18.6 Å². The Balaban J connectivity index is 2.90. The lowest BCUT2D eigenvalue weighted by molar-refractivity contribution is 0.642. The van der Waals surface area contributed by atoms with Gasteiger partial charge in [-0.15, -0.1) is 10.2 Å². The predicted molar refractivity (Wildman–Crippen MR) is 53.6 cm³/mol. The van der Waals surface area contributed by atoms with Crippen molar-refractivity contribution in [3.63, 3.8) is 0 Å². The van der Waals surface area contributed by atoms with Gasteiger partial charge in [-0.25, -0.2) is 4.99 Å². The summed E-state index contributed by atoms with van der Waals surface area (Å²) < 4.78 is 0. The van der Waals surface area contributed by atoms with Crippen molar-refractivity contribution < 1.29 is 0 Å². The van der Waals surface area contributed by atoms with E-state index >= 15 is 0 Å². The zero-order valence-corrected chi connectivity index (χ0v) is 8.58. The highest BCUT2D eigenvalue weighted by molar-refractivity contribution is 6.29. The Labute approximate surface area is 82.3 Å². The minimum atomic E-state index is 0.390. The van der Waals surface area contributed by atoms with E-state index in [1.807, 2.05) is 25.9 Å². The first-order chi connectivity index (χ1) is 6.09. The third kappa shape index (κ3) is 2.99. The van der Waals surface area contributed by atoms with Gasteiger partial charge in [-0.3, -0.25) is 0 Å². The molecule has 1 aromatic heterocycles. The first-order valence-electron chi connectivity index (χ1n) is 3.80. The van der Waals surface area contributed by atoms with Crippen molar-refractivity contribution in [3.8, 4) is 0 Å². The van der Waals surface area contributed by atoms with Crippen molar-refractivity contribution in [1.29, 1.82) is 0 Å². The summed E-state index contributed by atoms with van der Waals surface area (Å²) in [5.74, 6) is 0.595. The summed E-state index contributed by atoms with van der Waals surface area (Å²) in [6.45, 7) is 1.89. The molecule has 0 aliphatic carbocycles. The van der Waals surface area contributed by atoms with E-state index in [9.17, 15) is 0 Å². The molecular formula is C8H11ClN4. The van der Waals surface area contributed by atoms with Crippen LogP contribution in [0.4, 0.5) is 5.82 Å². The second-order valence-electron chi connectivity index (χ2n) is 2.88. The van der Waals surface area contributed by atoms with E-state index in [4.69, 9.17) is 11.6 Å². The van der Waals surface area contributed by atoms with Crippen LogP contribution >= 0.6 is 11.6 Å². The lowest BCUT2D eigenvalue weighted by atomic mass is 10.3. The molecule has 1 heterocycles. The molecule has 0 bridgehead atoms. The molecule has 0 saturated carbocycles. The topological polar surface area (TPSA) is 41.4 Å². The maximum atomic E-state index is 5.64. The summed E-state index contributed by atoms with van der Waals surface area (Å²) in [5.41, 5.74) is 0.915. The number of rotatable bonds is 2. The van der Waals surface area contributed by atoms with Gasteiger partial charge in [-0.1, -0.05) is 11.6 Å². The number of aryl methyl sites for hydroxylation is 1. The average Bonchev–Trinajstić information content (AvgIpc) is 2.02. The summed E-state index contributed by atoms with van der Waals surface area (Å²) in [7, 11) is 3.78. The molecule has 5 heteroatoms. The smallest absolute Gasteiger partial charge is 0.178 e. The number of hydrogen-bond acceptors (Lipinski definition) is 3. The second-order valence-corrected chi connectivity index (χ2v) is 3.27. The summed E-state index contributed by atoms with van der Waals surface area (Å²) >= 11 is 5.64. The van der Waals surface area contributed by atoms with E-state index in [-0.39, 0.29) is 0 Å². The largest absolute Gasteiger partial charge is 0.369 e. The van der Waals surface area contributed by atoms with Gasteiger partial charge in [0.25, 0.3) is 0 Å². The maximum Gasteiger partial charge on any atom is 0.178 e. The number of aromatic nitrogens is 2. The highest BCUT2D eigenvalue weighted by Gasteiger charge is 1.98. The molecule has 0 unspecified atom stereocenters. The molecular weight excluding hydrogens is 188 g/mol. The fourth-order valence-electron chi connectivity index (χ4n) is 0.744. The van der Waals surface area contributed by atoms with Crippen molar-refractivity contribution >= 4 is 23.8 Å². The molecule has 0 N–H and O–H groups in total. The van der Waals surface area contributed by atoms with Crippen molar-refractivity contribution in [2.45, 2.75) is 6.92 Å². The third-order valence-corrected chi connectivity index (χ3v) is 1.52. The van der Waals surface area contributed by atoms with Gasteiger partial charge in [-0.2, -0.15) is 0 Å². The molecule has 0 atom stereocenters. The van der Waals surface area contributed by atoms with Crippen LogP contribution < -0.4 is 0 Å². The fraction of sp³-hybridized carbons (Fsp3) is 0.375. The van der Waals surface area contributed by atoms with E-state index in [0.717, 1.165) is 5.56 Å². The zero-order chi connectivity index (χ0) is 9.84. The van der Waals surface area contributed by atoms with Crippen LogP contribution in [0.1, 0.15) is 5.56 Å². The van der Waals surface area contributed by atoms with Crippen LogP contribution in [0.3, 0.4) is 0 Å². The van der Waals surface area contributed by atoms with E-state index in [2.05, 4.69) is 15.2 Å². The standard InChI is InChI=1S/C8H11ClN4/c1-6-4-7(9)11-12-8(6)10-5-13(2)3/h4-5H,1-3H3/b10-5-. The van der Waals surface area contributed by atoms with Crippen molar-refractivity contribution in [1.82, 2.24) is 15.1 Å². The molecule has 1 aromatic rings. The summed E-state index contributed by atoms with van der Waals surface area (Å²) in [6, 6.07) is 1.73. The molecule has 0 aromatic carbocycles. The normalized spacial score (nSPS) is 10.8. The first kappa shape index (κ1) is 9.92. The minimum absolute atomic E-state index is 0.390. The van der Waals surface area contributed by atoms with Crippen LogP contribution in [0.25, 0.3) is 0 Å². The monoisotopic (exact) mass is 198 g/mol. The van der Waals surface area contributed by atoms with Gasteiger partial charge in [0.15, 0.2) is 11.0 Å². The van der Waals surface area contributed by atoms with Crippen LogP contribution in [-0.4, -0.2) is 35.5 Å². The van der Waals surface area contributed by atoms with Crippen LogP contribution in [0.2, 0.25) is 5.15 Å². The van der Waals surface area contributed by atoms with Gasteiger partial charge >= 0.3 is 0 Å². The van der Waals surface area contributed by atoms with E-state index in [1.54, 1.807) is 12.4 Å². The number of nitrogens with zero attached hydrogens (tertiary/aromatic N) is 4. The van der Waals surface area contributed by atoms with Crippen molar-refractivity contribution in [3.05, 3.63) is 16.8 Å². The Morgan fingerprint density at radius 2 is 2.15 bits per heavy atom. The summed E-state index contributed by atoms with van der Waals surface area (Å²) in [5, 5.41) is 7.93. The first-order valence-corrected chi connectivity index (χ1v) is 4.18.